The number of nitrogens with one attached hydrogen (secondary N) is 1. The number of carbonyl (C=O) groups is 1. The van der Waals surface area contributed by atoms with Crippen molar-refractivity contribution in [2.24, 2.45) is 5.73 Å². The highest BCUT2D eigenvalue weighted by Gasteiger charge is 2.19. The Morgan fingerprint density at radius 3 is 2.07 bits per heavy atom. The first-order chi connectivity index (χ1) is 22.2. The molecule has 5 rings (SSSR count). The third kappa shape index (κ3) is 8.14. The van der Waals surface area contributed by atoms with Crippen LogP contribution in [0, 0.1) is 0 Å². The summed E-state index contributed by atoms with van der Waals surface area (Å²) < 4.78 is 2.11. The molecule has 1 unspecified atom stereocenters. The second-order valence-corrected chi connectivity index (χ2v) is 12.5. The van der Waals surface area contributed by atoms with Crippen molar-refractivity contribution in [3.05, 3.63) is 116 Å². The van der Waals surface area contributed by atoms with E-state index in [4.69, 9.17) is 57.1 Å². The zero-order chi connectivity index (χ0) is 32.8. The number of primary amides is 1. The molecule has 0 aliphatic rings. The lowest BCUT2D eigenvalue weighted by molar-refractivity contribution is -0.118. The standard InChI is InChI=1S/C34H33Cl4N5O3/c35-26-8-1-21(15-28(26)37)19-40-30(18-33(39)46)24-5-10-32-31(17-24)41-34(43(32)20-22-2-9-27(36)29(38)16-22)23-3-6-25(7-4-23)42(11-13-44)12-14-45/h1-10,15-17,30,40,44-45H,11-14,18-20H2,(H2,39,46). The Morgan fingerprint density at radius 1 is 0.826 bits per heavy atom. The van der Waals surface area contributed by atoms with Gasteiger partial charge in [-0.3, -0.25) is 4.79 Å². The molecule has 0 aliphatic carbocycles. The number of imidazole rings is 1. The van der Waals surface area contributed by atoms with Crippen LogP contribution in [0.1, 0.15) is 29.2 Å². The van der Waals surface area contributed by atoms with Crippen molar-refractivity contribution in [1.29, 1.82) is 0 Å². The van der Waals surface area contributed by atoms with E-state index in [1.165, 1.54) is 0 Å². The number of halogens is 4. The number of fused-ring (bicyclic) bond motifs is 1. The molecule has 4 aromatic carbocycles. The first kappa shape index (κ1) is 34.0. The lowest BCUT2D eigenvalue weighted by Crippen LogP contribution is -2.29. The SMILES string of the molecule is NC(=O)CC(NCc1ccc(Cl)c(Cl)c1)c1ccc2c(c1)nc(-c1ccc(N(CCO)CCO)cc1)n2Cc1ccc(Cl)c(Cl)c1. The number of aliphatic hydroxyl groups excluding tert-OH is 2. The minimum Gasteiger partial charge on any atom is -0.395 e. The molecule has 240 valence electrons. The van der Waals surface area contributed by atoms with Gasteiger partial charge in [-0.05, 0) is 77.4 Å². The Hall–Kier alpha value is -3.34. The van der Waals surface area contributed by atoms with E-state index in [2.05, 4.69) is 9.88 Å². The monoisotopic (exact) mass is 699 g/mol. The van der Waals surface area contributed by atoms with Gasteiger partial charge < -0.3 is 30.7 Å². The van der Waals surface area contributed by atoms with Gasteiger partial charge in [-0.1, -0.05) is 64.6 Å². The molecule has 0 bridgehead atoms. The maximum Gasteiger partial charge on any atom is 0.219 e. The summed E-state index contributed by atoms with van der Waals surface area (Å²) in [4.78, 5) is 19.1. The molecular weight excluding hydrogens is 668 g/mol. The van der Waals surface area contributed by atoms with Gasteiger partial charge >= 0.3 is 0 Å². The third-order valence-electron chi connectivity index (χ3n) is 7.67. The van der Waals surface area contributed by atoms with Gasteiger partial charge in [0.1, 0.15) is 5.82 Å². The van der Waals surface area contributed by atoms with Crippen molar-refractivity contribution in [1.82, 2.24) is 14.9 Å². The summed E-state index contributed by atoms with van der Waals surface area (Å²) in [5, 5.41) is 24.3. The van der Waals surface area contributed by atoms with Crippen LogP contribution in [0.15, 0.2) is 78.9 Å². The van der Waals surface area contributed by atoms with Crippen LogP contribution in [-0.2, 0) is 17.9 Å². The van der Waals surface area contributed by atoms with Crippen LogP contribution < -0.4 is 16.0 Å². The molecule has 0 fully saturated rings. The number of hydrogen-bond acceptors (Lipinski definition) is 6. The number of aliphatic hydroxyl groups is 2. The lowest BCUT2D eigenvalue weighted by atomic mass is 10.0. The Kier molecular flexibility index (Phi) is 11.5. The highest BCUT2D eigenvalue weighted by Crippen LogP contribution is 2.32. The fourth-order valence-corrected chi connectivity index (χ4v) is 6.04. The van der Waals surface area contributed by atoms with Gasteiger partial charge in [-0.25, -0.2) is 4.98 Å². The van der Waals surface area contributed by atoms with Crippen LogP contribution in [0.5, 0.6) is 0 Å². The maximum absolute atomic E-state index is 12.1. The first-order valence-corrected chi connectivity index (χ1v) is 16.1. The van der Waals surface area contributed by atoms with E-state index < -0.39 is 5.91 Å². The minimum absolute atomic E-state index is 0.0252. The Bertz CT molecular complexity index is 1820. The van der Waals surface area contributed by atoms with Crippen LogP contribution in [0.25, 0.3) is 22.4 Å². The highest BCUT2D eigenvalue weighted by atomic mass is 35.5. The number of amides is 1. The van der Waals surface area contributed by atoms with Crippen LogP contribution in [-0.4, -0.2) is 52.0 Å². The molecule has 1 heterocycles. The normalized spacial score (nSPS) is 12.0. The molecule has 0 saturated heterocycles. The summed E-state index contributed by atoms with van der Waals surface area (Å²) in [6, 6.07) is 24.3. The van der Waals surface area contributed by atoms with Crippen molar-refractivity contribution in [2.75, 3.05) is 31.2 Å². The minimum atomic E-state index is -0.436. The first-order valence-electron chi connectivity index (χ1n) is 14.6. The van der Waals surface area contributed by atoms with E-state index >= 15 is 0 Å². The predicted octanol–water partition coefficient (Wildman–Crippen LogP) is 6.86. The summed E-state index contributed by atoms with van der Waals surface area (Å²) >= 11 is 24.8. The van der Waals surface area contributed by atoms with Gasteiger partial charge in [0, 0.05) is 49.9 Å². The molecule has 1 aromatic heterocycles. The second kappa shape index (κ2) is 15.5. The summed E-state index contributed by atoms with van der Waals surface area (Å²) in [6.45, 7) is 1.68. The van der Waals surface area contributed by atoms with Gasteiger partial charge in [0.25, 0.3) is 0 Å². The summed E-state index contributed by atoms with van der Waals surface area (Å²) in [7, 11) is 0. The number of aromatic nitrogens is 2. The van der Waals surface area contributed by atoms with Crippen molar-refractivity contribution in [3.8, 4) is 11.4 Å². The molecule has 0 saturated carbocycles. The van der Waals surface area contributed by atoms with E-state index in [0.717, 1.165) is 44.8 Å². The number of carbonyl (C=O) groups excluding carboxylic acids is 1. The number of rotatable bonds is 14. The molecule has 46 heavy (non-hydrogen) atoms. The third-order valence-corrected chi connectivity index (χ3v) is 9.15. The zero-order valence-corrected chi connectivity index (χ0v) is 27.8. The van der Waals surface area contributed by atoms with Crippen molar-refractivity contribution in [3.63, 3.8) is 0 Å². The fourth-order valence-electron chi connectivity index (χ4n) is 5.40. The number of benzene rings is 4. The van der Waals surface area contributed by atoms with E-state index in [1.54, 1.807) is 18.2 Å². The number of nitrogens with zero attached hydrogens (tertiary/aromatic N) is 3. The van der Waals surface area contributed by atoms with Crippen LogP contribution in [0.4, 0.5) is 5.69 Å². The molecule has 5 N–H and O–H groups in total. The fraction of sp³-hybridized carbons (Fsp3) is 0.235. The van der Waals surface area contributed by atoms with E-state index in [-0.39, 0.29) is 25.7 Å². The Balaban J connectivity index is 1.53. The van der Waals surface area contributed by atoms with Crippen molar-refractivity contribution >= 4 is 69.0 Å². The van der Waals surface area contributed by atoms with Crippen LogP contribution in [0.3, 0.4) is 0 Å². The summed E-state index contributed by atoms with van der Waals surface area (Å²) in [6.07, 6.45) is 0.0866. The van der Waals surface area contributed by atoms with Crippen LogP contribution >= 0.6 is 46.4 Å². The van der Waals surface area contributed by atoms with Crippen molar-refractivity contribution in [2.45, 2.75) is 25.6 Å². The van der Waals surface area contributed by atoms with Gasteiger partial charge in [0.15, 0.2) is 0 Å². The van der Waals surface area contributed by atoms with Gasteiger partial charge in [0.2, 0.25) is 5.91 Å². The maximum atomic E-state index is 12.1. The molecule has 0 aliphatic heterocycles. The molecule has 12 heteroatoms. The zero-order valence-electron chi connectivity index (χ0n) is 24.8. The number of hydrogen-bond donors (Lipinski definition) is 4. The molecule has 0 spiro atoms. The lowest BCUT2D eigenvalue weighted by Gasteiger charge is -2.23. The molecule has 0 radical (unpaired) electrons. The summed E-state index contributed by atoms with van der Waals surface area (Å²) in [5.41, 5.74) is 11.8. The van der Waals surface area contributed by atoms with E-state index in [1.807, 2.05) is 65.6 Å². The predicted molar refractivity (Wildman–Crippen MR) is 187 cm³/mol. The topological polar surface area (TPSA) is 117 Å². The highest BCUT2D eigenvalue weighted by molar-refractivity contribution is 6.42. The Morgan fingerprint density at radius 2 is 1.46 bits per heavy atom. The van der Waals surface area contributed by atoms with E-state index in [9.17, 15) is 15.0 Å². The van der Waals surface area contributed by atoms with Gasteiger partial charge in [-0.2, -0.15) is 0 Å². The Labute approximate surface area is 287 Å². The quantitative estimate of drug-likeness (QED) is 0.101. The van der Waals surface area contributed by atoms with Gasteiger partial charge in [-0.15, -0.1) is 0 Å². The molecule has 1 atom stereocenters. The van der Waals surface area contributed by atoms with Crippen molar-refractivity contribution < 1.29 is 15.0 Å². The smallest absolute Gasteiger partial charge is 0.219 e. The molecule has 5 aromatic rings. The van der Waals surface area contributed by atoms with E-state index in [0.29, 0.717) is 46.3 Å². The number of nitrogens with two attached hydrogens (primary N) is 1. The largest absolute Gasteiger partial charge is 0.395 e. The second-order valence-electron chi connectivity index (χ2n) is 10.9. The van der Waals surface area contributed by atoms with Gasteiger partial charge in [0.05, 0.1) is 44.3 Å². The average Bonchev–Trinajstić information content (AvgIpc) is 3.39. The molecular formula is C34H33Cl4N5O3. The average molecular weight is 701 g/mol. The number of anilines is 1. The molecule has 1 amide bonds. The van der Waals surface area contributed by atoms with Crippen LogP contribution in [0.2, 0.25) is 20.1 Å². The molecule has 8 nitrogen and oxygen atoms in total. The summed E-state index contributed by atoms with van der Waals surface area (Å²) in [5.74, 6) is 0.296.